The predicted octanol–water partition coefficient (Wildman–Crippen LogP) is 3.16. The first-order valence-electron chi connectivity index (χ1n) is 8.54. The van der Waals surface area contributed by atoms with Crippen molar-refractivity contribution in [1.82, 2.24) is 14.6 Å². The number of aromatic nitrogens is 1. The molecule has 1 saturated heterocycles. The van der Waals surface area contributed by atoms with Crippen LogP contribution >= 0.6 is 39.0 Å². The van der Waals surface area contributed by atoms with Gasteiger partial charge < -0.3 is 5.32 Å². The number of thiazole rings is 1. The van der Waals surface area contributed by atoms with Crippen LogP contribution in [0.25, 0.3) is 10.6 Å². The van der Waals surface area contributed by atoms with Gasteiger partial charge in [-0.1, -0.05) is 28.1 Å². The lowest BCUT2D eigenvalue weighted by Crippen LogP contribution is -2.47. The zero-order chi connectivity index (χ0) is 19.0. The van der Waals surface area contributed by atoms with Gasteiger partial charge in [-0.2, -0.15) is 4.31 Å². The highest BCUT2D eigenvalue weighted by molar-refractivity contribution is 9.10. The van der Waals surface area contributed by atoms with Crippen LogP contribution in [0.4, 0.5) is 0 Å². The molecule has 1 aromatic carbocycles. The third-order valence-electron chi connectivity index (χ3n) is 4.55. The minimum Gasteiger partial charge on any atom is -0.354 e. The summed E-state index contributed by atoms with van der Waals surface area (Å²) in [5.41, 5.74) is 0.860. The van der Waals surface area contributed by atoms with Gasteiger partial charge in [0.2, 0.25) is 5.91 Å². The van der Waals surface area contributed by atoms with Crippen LogP contribution in [-0.2, 0) is 14.8 Å². The lowest BCUT2D eigenvalue weighted by atomic mass is 10.2. The van der Waals surface area contributed by atoms with Gasteiger partial charge in [-0.05, 0) is 30.9 Å². The molecule has 1 aliphatic heterocycles. The highest BCUT2D eigenvalue weighted by atomic mass is 79.9. The van der Waals surface area contributed by atoms with Gasteiger partial charge in [0.1, 0.15) is 11.0 Å². The maximum absolute atomic E-state index is 13.1. The van der Waals surface area contributed by atoms with Gasteiger partial charge in [0.15, 0.2) is 5.03 Å². The van der Waals surface area contributed by atoms with Gasteiger partial charge in [0.25, 0.3) is 10.0 Å². The maximum Gasteiger partial charge on any atom is 0.262 e. The molecule has 2 heterocycles. The smallest absolute Gasteiger partial charge is 0.262 e. The Morgan fingerprint density at radius 3 is 2.74 bits per heavy atom. The fourth-order valence-corrected chi connectivity index (χ4v) is 7.26. The van der Waals surface area contributed by atoms with Crippen LogP contribution in [0.2, 0.25) is 0 Å². The number of carbonyl (C=O) groups is 1. The van der Waals surface area contributed by atoms with Crippen LogP contribution in [0, 0.1) is 5.92 Å². The third kappa shape index (κ3) is 4.24. The summed E-state index contributed by atoms with van der Waals surface area (Å²) in [6.45, 7) is 0.637. The summed E-state index contributed by atoms with van der Waals surface area (Å²) >= 11 is 6.12. The van der Waals surface area contributed by atoms with E-state index in [0.717, 1.165) is 22.9 Å². The molecule has 0 spiro atoms. The van der Waals surface area contributed by atoms with E-state index in [4.69, 9.17) is 0 Å². The first-order chi connectivity index (χ1) is 12.9. The highest BCUT2D eigenvalue weighted by Crippen LogP contribution is 2.32. The first-order valence-corrected chi connectivity index (χ1v) is 12.8. The van der Waals surface area contributed by atoms with E-state index in [1.54, 1.807) is 5.38 Å². The zero-order valence-electron chi connectivity index (χ0n) is 14.3. The Labute approximate surface area is 174 Å². The zero-order valence-corrected chi connectivity index (χ0v) is 18.3. The molecule has 1 N–H and O–H groups in total. The number of hydrogen-bond acceptors (Lipinski definition) is 6. The molecule has 0 radical (unpaired) electrons. The number of amides is 1. The summed E-state index contributed by atoms with van der Waals surface area (Å²) < 4.78 is 28.4. The number of nitrogens with zero attached hydrogens (tertiary/aromatic N) is 2. The molecular formula is C17H18BrN3O3S3. The SMILES string of the molecule is O=C(NCC1CC1)C1CSCN1S(=O)(=O)c1csc(-c2ccc(Br)cc2)n1. The number of hydrogen-bond donors (Lipinski definition) is 1. The summed E-state index contributed by atoms with van der Waals surface area (Å²) in [5, 5.41) is 5.09. The van der Waals surface area contributed by atoms with Crippen molar-refractivity contribution < 1.29 is 13.2 Å². The van der Waals surface area contributed by atoms with Crippen molar-refractivity contribution in [2.24, 2.45) is 5.92 Å². The molecule has 1 amide bonds. The normalized spacial score (nSPS) is 20.7. The second kappa shape index (κ2) is 7.82. The monoisotopic (exact) mass is 487 g/mol. The summed E-state index contributed by atoms with van der Waals surface area (Å²) in [5.74, 6) is 1.09. The largest absolute Gasteiger partial charge is 0.354 e. The Morgan fingerprint density at radius 1 is 1.30 bits per heavy atom. The minimum absolute atomic E-state index is 0.00733. The molecule has 1 unspecified atom stereocenters. The maximum atomic E-state index is 13.1. The number of nitrogens with one attached hydrogen (secondary N) is 1. The van der Waals surface area contributed by atoms with Gasteiger partial charge in [0, 0.05) is 27.7 Å². The Bertz CT molecular complexity index is 942. The number of halogens is 1. The summed E-state index contributed by atoms with van der Waals surface area (Å²) in [6.07, 6.45) is 2.28. The lowest BCUT2D eigenvalue weighted by Gasteiger charge is -2.21. The molecule has 27 heavy (non-hydrogen) atoms. The highest BCUT2D eigenvalue weighted by Gasteiger charge is 2.41. The van der Waals surface area contributed by atoms with E-state index in [1.165, 1.54) is 27.4 Å². The standard InChI is InChI=1S/C17H18BrN3O3S3/c18-13-5-3-12(4-6-13)17-20-15(9-26-17)27(23,24)21-10-25-8-14(21)16(22)19-7-11-1-2-11/h3-6,9,11,14H,1-2,7-8,10H2,(H,19,22). The summed E-state index contributed by atoms with van der Waals surface area (Å²) in [7, 11) is -3.81. The Morgan fingerprint density at radius 2 is 2.04 bits per heavy atom. The molecule has 1 saturated carbocycles. The third-order valence-corrected chi connectivity index (χ3v) is 9.04. The van der Waals surface area contributed by atoms with Crippen LogP contribution in [0.1, 0.15) is 12.8 Å². The van der Waals surface area contributed by atoms with Crippen molar-refractivity contribution >= 4 is 55.0 Å². The van der Waals surface area contributed by atoms with E-state index in [1.807, 2.05) is 24.3 Å². The average molecular weight is 488 g/mol. The molecular weight excluding hydrogens is 470 g/mol. The molecule has 0 bridgehead atoms. The topological polar surface area (TPSA) is 79.4 Å². The predicted molar refractivity (Wildman–Crippen MR) is 111 cm³/mol. The van der Waals surface area contributed by atoms with Gasteiger partial charge in [-0.25, -0.2) is 13.4 Å². The van der Waals surface area contributed by atoms with Crippen LogP contribution < -0.4 is 5.32 Å². The van der Waals surface area contributed by atoms with E-state index in [0.29, 0.717) is 23.2 Å². The van der Waals surface area contributed by atoms with Gasteiger partial charge in [-0.3, -0.25) is 4.79 Å². The molecule has 6 nitrogen and oxygen atoms in total. The fourth-order valence-electron chi connectivity index (χ4n) is 2.78. The number of thioether (sulfide) groups is 1. The molecule has 4 rings (SSSR count). The number of rotatable bonds is 6. The van der Waals surface area contributed by atoms with E-state index < -0.39 is 16.1 Å². The van der Waals surface area contributed by atoms with E-state index in [9.17, 15) is 13.2 Å². The molecule has 144 valence electrons. The molecule has 1 aliphatic carbocycles. The quantitative estimate of drug-likeness (QED) is 0.676. The van der Waals surface area contributed by atoms with Gasteiger partial charge in [0.05, 0.1) is 5.88 Å². The Hall–Kier alpha value is -0.940. The fraction of sp³-hybridized carbons (Fsp3) is 0.412. The Balaban J connectivity index is 1.53. The lowest BCUT2D eigenvalue weighted by molar-refractivity contribution is -0.123. The van der Waals surface area contributed by atoms with Crippen molar-refractivity contribution in [2.75, 3.05) is 18.2 Å². The van der Waals surface area contributed by atoms with E-state index in [-0.39, 0.29) is 16.8 Å². The van der Waals surface area contributed by atoms with Gasteiger partial charge >= 0.3 is 0 Å². The van der Waals surface area contributed by atoms with Crippen LogP contribution in [0.5, 0.6) is 0 Å². The van der Waals surface area contributed by atoms with Gasteiger partial charge in [-0.15, -0.1) is 23.1 Å². The number of sulfonamides is 1. The second-order valence-electron chi connectivity index (χ2n) is 6.59. The molecule has 10 heteroatoms. The van der Waals surface area contributed by atoms with E-state index >= 15 is 0 Å². The molecule has 2 aliphatic rings. The first kappa shape index (κ1) is 19.4. The number of carbonyl (C=O) groups excluding carboxylic acids is 1. The van der Waals surface area contributed by atoms with Crippen LogP contribution in [0.3, 0.4) is 0 Å². The van der Waals surface area contributed by atoms with Crippen LogP contribution in [0.15, 0.2) is 39.1 Å². The molecule has 1 atom stereocenters. The summed E-state index contributed by atoms with van der Waals surface area (Å²) in [4.78, 5) is 16.8. The van der Waals surface area contributed by atoms with Crippen molar-refractivity contribution in [1.29, 1.82) is 0 Å². The number of benzene rings is 1. The van der Waals surface area contributed by atoms with Crippen LogP contribution in [-0.4, -0.2) is 47.8 Å². The average Bonchev–Trinajstić information content (AvgIpc) is 3.12. The molecule has 2 fully saturated rings. The second-order valence-corrected chi connectivity index (χ2v) is 11.2. The molecule has 1 aromatic heterocycles. The van der Waals surface area contributed by atoms with E-state index in [2.05, 4.69) is 26.2 Å². The summed E-state index contributed by atoms with van der Waals surface area (Å²) in [6, 6.07) is 6.89. The van der Waals surface area contributed by atoms with Crippen molar-refractivity contribution in [2.45, 2.75) is 23.9 Å². The van der Waals surface area contributed by atoms with Crippen molar-refractivity contribution in [3.63, 3.8) is 0 Å². The van der Waals surface area contributed by atoms with Crippen molar-refractivity contribution in [3.8, 4) is 10.6 Å². The Kier molecular flexibility index (Phi) is 5.62. The van der Waals surface area contributed by atoms with Crippen molar-refractivity contribution in [3.05, 3.63) is 34.1 Å². The minimum atomic E-state index is -3.81. The molecule has 2 aromatic rings.